The van der Waals surface area contributed by atoms with Crippen molar-refractivity contribution in [3.05, 3.63) is 18.5 Å². The van der Waals surface area contributed by atoms with Gasteiger partial charge < -0.3 is 10.5 Å². The van der Waals surface area contributed by atoms with E-state index in [0.717, 1.165) is 6.42 Å². The lowest BCUT2D eigenvalue weighted by molar-refractivity contribution is 0.228. The number of nitrogen functional groups attached to an aromatic ring is 1. The maximum Gasteiger partial charge on any atom is 0.323 e. The monoisotopic (exact) mass is 262 g/mol. The molecule has 0 unspecified atom stereocenters. The van der Waals surface area contributed by atoms with Gasteiger partial charge in [0.1, 0.15) is 0 Å². The first-order valence-corrected chi connectivity index (χ1v) is 6.08. The van der Waals surface area contributed by atoms with Crippen molar-refractivity contribution in [1.29, 1.82) is 0 Å². The molecular weight excluding hydrogens is 244 g/mol. The number of rotatable bonds is 4. The Labute approximate surface area is 111 Å². The molecule has 7 nitrogen and oxygen atoms in total. The van der Waals surface area contributed by atoms with E-state index in [-0.39, 0.29) is 17.4 Å². The Morgan fingerprint density at radius 3 is 2.68 bits per heavy atom. The molecule has 0 aliphatic carbocycles. The van der Waals surface area contributed by atoms with Crippen LogP contribution in [0.15, 0.2) is 18.5 Å². The molecule has 2 N–H and O–H groups in total. The van der Waals surface area contributed by atoms with Crippen molar-refractivity contribution in [3.8, 4) is 12.0 Å². The second kappa shape index (κ2) is 5.21. The molecule has 0 saturated heterocycles. The number of hydrogen-bond donors (Lipinski definition) is 1. The van der Waals surface area contributed by atoms with Gasteiger partial charge in [0.05, 0.1) is 6.61 Å². The summed E-state index contributed by atoms with van der Waals surface area (Å²) in [4.78, 5) is 12.1. The van der Waals surface area contributed by atoms with Crippen molar-refractivity contribution >= 4 is 5.95 Å². The van der Waals surface area contributed by atoms with Crippen molar-refractivity contribution in [1.82, 2.24) is 24.7 Å². The number of hydrogen-bond acceptors (Lipinski definition) is 6. The van der Waals surface area contributed by atoms with Crippen molar-refractivity contribution in [2.24, 2.45) is 5.41 Å². The summed E-state index contributed by atoms with van der Waals surface area (Å²) >= 11 is 0. The highest BCUT2D eigenvalue weighted by Gasteiger charge is 2.12. The summed E-state index contributed by atoms with van der Waals surface area (Å²) in [6.07, 6.45) is 4.27. The molecule has 2 rings (SSSR count). The lowest BCUT2D eigenvalue weighted by atomic mass is 9.93. The molecule has 0 aromatic carbocycles. The Hall–Kier alpha value is -2.18. The molecule has 0 saturated carbocycles. The summed E-state index contributed by atoms with van der Waals surface area (Å²) in [5.41, 5.74) is 5.84. The van der Waals surface area contributed by atoms with Gasteiger partial charge in [-0.15, -0.1) is 0 Å². The Bertz CT molecular complexity index is 532. The van der Waals surface area contributed by atoms with Gasteiger partial charge in [-0.05, 0) is 17.9 Å². The molecule has 0 bridgehead atoms. The van der Waals surface area contributed by atoms with Crippen molar-refractivity contribution in [2.75, 3.05) is 12.3 Å². The standard InChI is InChI=1S/C12H18N6O/c1-12(2,3)5-8-19-11-16-9(13)15-10(17-11)18-7-4-6-14-18/h4,6-7H,5,8H2,1-3H3,(H2,13,15,16,17). The summed E-state index contributed by atoms with van der Waals surface area (Å²) in [6.45, 7) is 6.97. The summed E-state index contributed by atoms with van der Waals surface area (Å²) in [6, 6.07) is 2.00. The van der Waals surface area contributed by atoms with E-state index in [0.29, 0.717) is 12.6 Å². The Kier molecular flexibility index (Phi) is 3.64. The molecule has 0 radical (unpaired) electrons. The molecule has 2 aromatic rings. The van der Waals surface area contributed by atoms with Gasteiger partial charge >= 0.3 is 6.01 Å². The molecule has 7 heteroatoms. The minimum absolute atomic E-state index is 0.117. The zero-order valence-electron chi connectivity index (χ0n) is 11.4. The average molecular weight is 262 g/mol. The smallest absolute Gasteiger partial charge is 0.323 e. The van der Waals surface area contributed by atoms with Gasteiger partial charge in [-0.25, -0.2) is 4.68 Å². The van der Waals surface area contributed by atoms with Crippen LogP contribution in [0.1, 0.15) is 27.2 Å². The van der Waals surface area contributed by atoms with E-state index in [1.165, 1.54) is 4.68 Å². The van der Waals surface area contributed by atoms with E-state index < -0.39 is 0 Å². The molecule has 0 aliphatic heterocycles. The Balaban J connectivity index is 2.09. The summed E-state index contributed by atoms with van der Waals surface area (Å²) in [5, 5.41) is 4.04. The van der Waals surface area contributed by atoms with Crippen LogP contribution in [0.3, 0.4) is 0 Å². The molecule has 2 heterocycles. The fourth-order valence-electron chi connectivity index (χ4n) is 1.36. The first-order valence-electron chi connectivity index (χ1n) is 6.08. The predicted molar refractivity (Wildman–Crippen MR) is 70.9 cm³/mol. The maximum absolute atomic E-state index is 5.64. The highest BCUT2D eigenvalue weighted by atomic mass is 16.5. The maximum atomic E-state index is 5.64. The number of ether oxygens (including phenoxy) is 1. The van der Waals surface area contributed by atoms with Gasteiger partial charge in [-0.2, -0.15) is 20.1 Å². The quantitative estimate of drug-likeness (QED) is 0.896. The number of aromatic nitrogens is 5. The van der Waals surface area contributed by atoms with E-state index in [9.17, 15) is 0 Å². The van der Waals surface area contributed by atoms with E-state index >= 15 is 0 Å². The second-order valence-electron chi connectivity index (χ2n) is 5.39. The number of anilines is 1. The Morgan fingerprint density at radius 2 is 2.05 bits per heavy atom. The van der Waals surface area contributed by atoms with Gasteiger partial charge in [0.2, 0.25) is 5.95 Å². The molecule has 102 valence electrons. The van der Waals surface area contributed by atoms with Gasteiger partial charge in [-0.1, -0.05) is 20.8 Å². The SMILES string of the molecule is CC(C)(C)CCOc1nc(N)nc(-n2cccn2)n1. The van der Waals surface area contributed by atoms with Crippen LogP contribution in [0.5, 0.6) is 6.01 Å². The van der Waals surface area contributed by atoms with E-state index in [1.807, 2.05) is 0 Å². The lowest BCUT2D eigenvalue weighted by Gasteiger charge is -2.17. The van der Waals surface area contributed by atoms with Gasteiger partial charge in [0, 0.05) is 12.4 Å². The fourth-order valence-corrected chi connectivity index (χ4v) is 1.36. The van der Waals surface area contributed by atoms with Gasteiger partial charge in [-0.3, -0.25) is 0 Å². The lowest BCUT2D eigenvalue weighted by Crippen LogP contribution is -2.14. The van der Waals surface area contributed by atoms with Crippen molar-refractivity contribution in [3.63, 3.8) is 0 Å². The average Bonchev–Trinajstić information content (AvgIpc) is 2.79. The van der Waals surface area contributed by atoms with E-state index in [4.69, 9.17) is 10.5 Å². The fraction of sp³-hybridized carbons (Fsp3) is 0.500. The molecular formula is C12H18N6O. The zero-order chi connectivity index (χ0) is 13.9. The van der Waals surface area contributed by atoms with Crippen LogP contribution in [-0.2, 0) is 0 Å². The van der Waals surface area contributed by atoms with Crippen LogP contribution in [0.4, 0.5) is 5.95 Å². The summed E-state index contributed by atoms with van der Waals surface area (Å²) < 4.78 is 7.03. The minimum atomic E-state index is 0.117. The van der Waals surface area contributed by atoms with Crippen LogP contribution < -0.4 is 10.5 Å². The molecule has 0 aliphatic rings. The Morgan fingerprint density at radius 1 is 1.26 bits per heavy atom. The largest absolute Gasteiger partial charge is 0.463 e. The molecule has 0 atom stereocenters. The summed E-state index contributed by atoms with van der Waals surface area (Å²) in [7, 11) is 0. The normalized spacial score (nSPS) is 11.5. The predicted octanol–water partition coefficient (Wildman–Crippen LogP) is 1.45. The van der Waals surface area contributed by atoms with E-state index in [2.05, 4.69) is 40.8 Å². The van der Waals surface area contributed by atoms with Gasteiger partial charge in [0.15, 0.2) is 0 Å². The third kappa shape index (κ3) is 3.90. The molecule has 2 aromatic heterocycles. The van der Waals surface area contributed by atoms with Crippen molar-refractivity contribution in [2.45, 2.75) is 27.2 Å². The van der Waals surface area contributed by atoms with Crippen LogP contribution in [0, 0.1) is 5.41 Å². The molecule has 0 fully saturated rings. The van der Waals surface area contributed by atoms with Gasteiger partial charge in [0.25, 0.3) is 5.95 Å². The number of nitrogens with two attached hydrogens (primary N) is 1. The molecule has 0 spiro atoms. The molecule has 0 amide bonds. The van der Waals surface area contributed by atoms with E-state index in [1.54, 1.807) is 18.5 Å². The van der Waals surface area contributed by atoms with Crippen LogP contribution in [0.25, 0.3) is 5.95 Å². The minimum Gasteiger partial charge on any atom is -0.463 e. The van der Waals surface area contributed by atoms with Crippen LogP contribution in [0.2, 0.25) is 0 Å². The van der Waals surface area contributed by atoms with Crippen LogP contribution >= 0.6 is 0 Å². The third-order valence-electron chi connectivity index (χ3n) is 2.41. The zero-order valence-corrected chi connectivity index (χ0v) is 11.4. The molecule has 19 heavy (non-hydrogen) atoms. The number of nitrogens with zero attached hydrogens (tertiary/aromatic N) is 5. The second-order valence-corrected chi connectivity index (χ2v) is 5.39. The highest BCUT2D eigenvalue weighted by molar-refractivity contribution is 5.24. The highest BCUT2D eigenvalue weighted by Crippen LogP contribution is 2.18. The van der Waals surface area contributed by atoms with Crippen molar-refractivity contribution < 1.29 is 4.74 Å². The summed E-state index contributed by atoms with van der Waals surface area (Å²) in [5.74, 6) is 0.467. The topological polar surface area (TPSA) is 91.7 Å². The van der Waals surface area contributed by atoms with Crippen LogP contribution in [-0.4, -0.2) is 31.3 Å². The first-order chi connectivity index (χ1) is 8.94. The third-order valence-corrected chi connectivity index (χ3v) is 2.41. The first kappa shape index (κ1) is 13.3.